The Morgan fingerprint density at radius 3 is 2.53 bits per heavy atom. The van der Waals surface area contributed by atoms with E-state index in [0.717, 1.165) is 39.0 Å². The van der Waals surface area contributed by atoms with Crippen LogP contribution in [0.5, 0.6) is 0 Å². The summed E-state index contributed by atoms with van der Waals surface area (Å²) in [4.78, 5) is 16.5. The van der Waals surface area contributed by atoms with Crippen LogP contribution >= 0.6 is 24.8 Å². The predicted molar refractivity (Wildman–Crippen MR) is 74.2 cm³/mol. The molecule has 2 saturated heterocycles. The number of hydrogen-bond acceptors (Lipinski definition) is 3. The third-order valence-corrected chi connectivity index (χ3v) is 3.47. The summed E-state index contributed by atoms with van der Waals surface area (Å²) in [6.45, 7) is 6.02. The Morgan fingerprint density at radius 1 is 1.29 bits per heavy atom. The van der Waals surface area contributed by atoms with Crippen molar-refractivity contribution in [1.29, 1.82) is 0 Å². The first-order chi connectivity index (χ1) is 7.18. The number of hydrogen-bond donors (Lipinski definition) is 1. The van der Waals surface area contributed by atoms with E-state index in [1.54, 1.807) is 0 Å². The standard InChI is InChI=1S/C11H21N3O.2ClH/c1-9-8-13(2)6-7-14(9)11(15)10-4-3-5-12-10;;/h9-10,12H,3-8H2,1-2H3;2*1H/t9?,10-;;/m0../s1. The number of carbonyl (C=O) groups is 1. The highest BCUT2D eigenvalue weighted by Gasteiger charge is 2.31. The number of nitrogens with zero attached hydrogens (tertiary/aromatic N) is 2. The van der Waals surface area contributed by atoms with Crippen molar-refractivity contribution in [2.75, 3.05) is 33.2 Å². The van der Waals surface area contributed by atoms with E-state index < -0.39 is 0 Å². The summed E-state index contributed by atoms with van der Waals surface area (Å²) >= 11 is 0. The molecule has 2 atom stereocenters. The first kappa shape index (κ1) is 17.0. The monoisotopic (exact) mass is 283 g/mol. The van der Waals surface area contributed by atoms with Gasteiger partial charge in [-0.3, -0.25) is 4.79 Å². The first-order valence-electron chi connectivity index (χ1n) is 5.91. The number of halogens is 2. The molecule has 0 saturated carbocycles. The smallest absolute Gasteiger partial charge is 0.240 e. The van der Waals surface area contributed by atoms with Crippen molar-refractivity contribution >= 4 is 30.7 Å². The molecule has 0 spiro atoms. The average molecular weight is 284 g/mol. The van der Waals surface area contributed by atoms with Crippen LogP contribution in [0.3, 0.4) is 0 Å². The number of carbonyl (C=O) groups excluding carboxylic acids is 1. The highest BCUT2D eigenvalue weighted by molar-refractivity contribution is 5.85. The molecular formula is C11H23Cl2N3O. The van der Waals surface area contributed by atoms with Gasteiger partial charge in [-0.05, 0) is 33.4 Å². The summed E-state index contributed by atoms with van der Waals surface area (Å²) in [6.07, 6.45) is 2.15. The van der Waals surface area contributed by atoms with Crippen LogP contribution < -0.4 is 5.32 Å². The molecule has 2 aliphatic heterocycles. The number of rotatable bonds is 1. The molecule has 0 aromatic rings. The molecule has 2 heterocycles. The SMILES string of the molecule is CC1CN(C)CCN1C(=O)[C@@H]1CCCN1.Cl.Cl. The molecule has 1 amide bonds. The van der Waals surface area contributed by atoms with Crippen LogP contribution in [0.2, 0.25) is 0 Å². The fourth-order valence-electron chi connectivity index (χ4n) is 2.56. The Bertz CT molecular complexity index is 247. The first-order valence-corrected chi connectivity index (χ1v) is 5.91. The summed E-state index contributed by atoms with van der Waals surface area (Å²) in [7, 11) is 2.12. The number of piperazine rings is 1. The fourth-order valence-corrected chi connectivity index (χ4v) is 2.56. The zero-order valence-corrected chi connectivity index (χ0v) is 12.1. The quantitative estimate of drug-likeness (QED) is 0.771. The Morgan fingerprint density at radius 2 is 2.00 bits per heavy atom. The summed E-state index contributed by atoms with van der Waals surface area (Å²) in [6, 6.07) is 0.453. The van der Waals surface area contributed by atoms with Gasteiger partial charge >= 0.3 is 0 Å². The molecule has 0 aromatic carbocycles. The second kappa shape index (κ2) is 7.41. The van der Waals surface area contributed by atoms with Gasteiger partial charge in [-0.15, -0.1) is 24.8 Å². The molecule has 0 bridgehead atoms. The molecule has 2 rings (SSSR count). The lowest BCUT2D eigenvalue weighted by atomic mass is 10.1. The van der Waals surface area contributed by atoms with Crippen molar-refractivity contribution in [3.05, 3.63) is 0 Å². The maximum Gasteiger partial charge on any atom is 0.240 e. The third-order valence-electron chi connectivity index (χ3n) is 3.47. The van der Waals surface area contributed by atoms with Crippen LogP contribution in [0.15, 0.2) is 0 Å². The fraction of sp³-hybridized carbons (Fsp3) is 0.909. The lowest BCUT2D eigenvalue weighted by molar-refractivity contribution is -0.137. The third kappa shape index (κ3) is 3.98. The Labute approximate surface area is 116 Å². The molecular weight excluding hydrogens is 261 g/mol. The van der Waals surface area contributed by atoms with Crippen LogP contribution in [0.25, 0.3) is 0 Å². The molecule has 102 valence electrons. The minimum absolute atomic E-state index is 0. The van der Waals surface area contributed by atoms with E-state index in [1.165, 1.54) is 0 Å². The van der Waals surface area contributed by atoms with Gasteiger partial charge in [-0.1, -0.05) is 0 Å². The Balaban J connectivity index is 0.00000128. The molecule has 0 aromatic heterocycles. The van der Waals surface area contributed by atoms with Crippen molar-refractivity contribution < 1.29 is 4.79 Å². The molecule has 0 radical (unpaired) electrons. The predicted octanol–water partition coefficient (Wildman–Crippen LogP) is 0.744. The average Bonchev–Trinajstić information content (AvgIpc) is 2.69. The minimum Gasteiger partial charge on any atom is -0.336 e. The van der Waals surface area contributed by atoms with Gasteiger partial charge in [-0.2, -0.15) is 0 Å². The summed E-state index contributed by atoms with van der Waals surface area (Å²) in [5, 5.41) is 3.28. The molecule has 1 N–H and O–H groups in total. The lowest BCUT2D eigenvalue weighted by Gasteiger charge is -2.39. The van der Waals surface area contributed by atoms with E-state index in [2.05, 4.69) is 24.2 Å². The van der Waals surface area contributed by atoms with Crippen LogP contribution in [-0.2, 0) is 4.79 Å². The van der Waals surface area contributed by atoms with Gasteiger partial charge in [0, 0.05) is 25.7 Å². The number of amides is 1. The topological polar surface area (TPSA) is 35.6 Å². The maximum atomic E-state index is 12.2. The van der Waals surface area contributed by atoms with Crippen LogP contribution in [0.4, 0.5) is 0 Å². The second-order valence-electron chi connectivity index (χ2n) is 4.79. The van der Waals surface area contributed by atoms with Crippen LogP contribution in [0, 0.1) is 0 Å². The molecule has 2 fully saturated rings. The minimum atomic E-state index is 0. The number of likely N-dealkylation sites (N-methyl/N-ethyl adjacent to an activating group) is 1. The summed E-state index contributed by atoms with van der Waals surface area (Å²) in [5.41, 5.74) is 0. The van der Waals surface area contributed by atoms with Gasteiger partial charge in [0.1, 0.15) is 0 Å². The van der Waals surface area contributed by atoms with E-state index in [-0.39, 0.29) is 30.9 Å². The van der Waals surface area contributed by atoms with Crippen LogP contribution in [-0.4, -0.2) is 61.0 Å². The normalized spacial score (nSPS) is 29.4. The second-order valence-corrected chi connectivity index (χ2v) is 4.79. The highest BCUT2D eigenvalue weighted by Crippen LogP contribution is 2.14. The van der Waals surface area contributed by atoms with Gasteiger partial charge in [-0.25, -0.2) is 0 Å². The lowest BCUT2D eigenvalue weighted by Crippen LogP contribution is -2.56. The Hall–Kier alpha value is -0.0300. The van der Waals surface area contributed by atoms with Crippen molar-refractivity contribution in [2.45, 2.75) is 31.8 Å². The van der Waals surface area contributed by atoms with Crippen LogP contribution in [0.1, 0.15) is 19.8 Å². The Kier molecular flexibility index (Phi) is 7.40. The molecule has 2 aliphatic rings. The van der Waals surface area contributed by atoms with E-state index in [9.17, 15) is 4.79 Å². The zero-order valence-electron chi connectivity index (χ0n) is 10.5. The summed E-state index contributed by atoms with van der Waals surface area (Å²) in [5.74, 6) is 0.313. The highest BCUT2D eigenvalue weighted by atomic mass is 35.5. The molecule has 0 aliphatic carbocycles. The molecule has 6 heteroatoms. The zero-order chi connectivity index (χ0) is 10.8. The van der Waals surface area contributed by atoms with Crippen molar-refractivity contribution in [3.63, 3.8) is 0 Å². The van der Waals surface area contributed by atoms with Crippen molar-refractivity contribution in [1.82, 2.24) is 15.1 Å². The van der Waals surface area contributed by atoms with E-state index in [1.807, 2.05) is 4.90 Å². The van der Waals surface area contributed by atoms with Gasteiger partial charge < -0.3 is 15.1 Å². The van der Waals surface area contributed by atoms with Crippen molar-refractivity contribution in [2.24, 2.45) is 0 Å². The van der Waals surface area contributed by atoms with E-state index in [0.29, 0.717) is 11.9 Å². The molecule has 4 nitrogen and oxygen atoms in total. The van der Waals surface area contributed by atoms with Gasteiger partial charge in [0.05, 0.1) is 6.04 Å². The van der Waals surface area contributed by atoms with Gasteiger partial charge in [0.15, 0.2) is 0 Å². The largest absolute Gasteiger partial charge is 0.336 e. The van der Waals surface area contributed by atoms with E-state index in [4.69, 9.17) is 0 Å². The van der Waals surface area contributed by atoms with Crippen molar-refractivity contribution in [3.8, 4) is 0 Å². The molecule has 17 heavy (non-hydrogen) atoms. The van der Waals surface area contributed by atoms with Gasteiger partial charge in [0.2, 0.25) is 5.91 Å². The van der Waals surface area contributed by atoms with Gasteiger partial charge in [0.25, 0.3) is 0 Å². The maximum absolute atomic E-state index is 12.2. The van der Waals surface area contributed by atoms with E-state index >= 15 is 0 Å². The molecule has 1 unspecified atom stereocenters. The summed E-state index contributed by atoms with van der Waals surface area (Å²) < 4.78 is 0. The number of nitrogens with one attached hydrogen (secondary N) is 1.